The maximum atomic E-state index is 13.5. The van der Waals surface area contributed by atoms with Crippen LogP contribution in [0.2, 0.25) is 0 Å². The number of benzene rings is 2. The highest BCUT2D eigenvalue weighted by Crippen LogP contribution is 2.33. The Labute approximate surface area is 176 Å². The van der Waals surface area contributed by atoms with Gasteiger partial charge in [0.2, 0.25) is 0 Å². The van der Waals surface area contributed by atoms with Crippen molar-refractivity contribution in [2.24, 2.45) is 5.92 Å². The van der Waals surface area contributed by atoms with Crippen molar-refractivity contribution in [2.45, 2.75) is 57.5 Å². The molecule has 3 aromatic rings. The van der Waals surface area contributed by atoms with E-state index >= 15 is 0 Å². The first kappa shape index (κ1) is 19.3. The number of nitrogens with zero attached hydrogens (tertiary/aromatic N) is 3. The average Bonchev–Trinajstić information content (AvgIpc) is 3.31. The van der Waals surface area contributed by atoms with E-state index in [1.165, 1.54) is 23.3 Å². The minimum Gasteiger partial charge on any atom is -0.325 e. The zero-order valence-corrected chi connectivity index (χ0v) is 17.4. The number of imidazole rings is 1. The van der Waals surface area contributed by atoms with Crippen molar-refractivity contribution in [3.05, 3.63) is 64.7 Å². The SMILES string of the molecule is Cc1nc2cc(F)ccc2n1[C@H]1CC[C@@H](NC[C@H]2Cc3ccc(C#N)cc3C2)CC1. The van der Waals surface area contributed by atoms with Gasteiger partial charge in [0.1, 0.15) is 11.6 Å². The van der Waals surface area contributed by atoms with Crippen LogP contribution >= 0.6 is 0 Å². The molecule has 1 heterocycles. The van der Waals surface area contributed by atoms with Crippen LogP contribution in [0.5, 0.6) is 0 Å². The van der Waals surface area contributed by atoms with Crippen LogP contribution in [0.1, 0.15) is 54.2 Å². The van der Waals surface area contributed by atoms with Gasteiger partial charge in [-0.2, -0.15) is 5.26 Å². The predicted octanol–water partition coefficient (Wildman–Crippen LogP) is 4.84. The van der Waals surface area contributed by atoms with Crippen LogP contribution in [0.4, 0.5) is 4.39 Å². The van der Waals surface area contributed by atoms with Gasteiger partial charge in [0, 0.05) is 18.2 Å². The normalized spacial score (nSPS) is 23.4. The van der Waals surface area contributed by atoms with Gasteiger partial charge < -0.3 is 9.88 Å². The molecule has 1 atom stereocenters. The quantitative estimate of drug-likeness (QED) is 0.679. The van der Waals surface area contributed by atoms with Gasteiger partial charge in [-0.05, 0) is 93.3 Å². The molecular formula is C25H27FN4. The first-order valence-corrected chi connectivity index (χ1v) is 11.0. The van der Waals surface area contributed by atoms with E-state index in [2.05, 4.69) is 33.1 Å². The zero-order valence-electron chi connectivity index (χ0n) is 17.4. The fraction of sp³-hybridized carbons (Fsp3) is 0.440. The minimum absolute atomic E-state index is 0.224. The summed E-state index contributed by atoms with van der Waals surface area (Å²) in [4.78, 5) is 4.58. The molecular weight excluding hydrogens is 375 g/mol. The molecule has 0 radical (unpaired) electrons. The second-order valence-electron chi connectivity index (χ2n) is 8.95. The second-order valence-corrected chi connectivity index (χ2v) is 8.95. The molecule has 2 aromatic carbocycles. The number of hydrogen-bond donors (Lipinski definition) is 1. The molecule has 4 nitrogen and oxygen atoms in total. The third-order valence-corrected chi connectivity index (χ3v) is 6.94. The minimum atomic E-state index is -0.224. The lowest BCUT2D eigenvalue weighted by atomic mass is 9.90. The van der Waals surface area contributed by atoms with Crippen molar-refractivity contribution in [1.29, 1.82) is 5.26 Å². The summed E-state index contributed by atoms with van der Waals surface area (Å²) in [6.07, 6.45) is 6.74. The van der Waals surface area contributed by atoms with Gasteiger partial charge in [-0.1, -0.05) is 6.07 Å². The van der Waals surface area contributed by atoms with Crippen LogP contribution in [-0.2, 0) is 12.8 Å². The lowest BCUT2D eigenvalue weighted by Crippen LogP contribution is -2.37. The summed E-state index contributed by atoms with van der Waals surface area (Å²) in [7, 11) is 0. The number of nitriles is 1. The number of halogens is 1. The first-order valence-electron chi connectivity index (χ1n) is 11.0. The Bertz CT molecular complexity index is 1120. The van der Waals surface area contributed by atoms with Crippen LogP contribution in [0.3, 0.4) is 0 Å². The number of nitrogens with one attached hydrogen (secondary N) is 1. The fourth-order valence-corrected chi connectivity index (χ4v) is 5.45. The highest BCUT2D eigenvalue weighted by molar-refractivity contribution is 5.76. The maximum Gasteiger partial charge on any atom is 0.125 e. The first-order chi connectivity index (χ1) is 14.6. The predicted molar refractivity (Wildman–Crippen MR) is 116 cm³/mol. The van der Waals surface area contributed by atoms with E-state index < -0.39 is 0 Å². The van der Waals surface area contributed by atoms with Crippen LogP contribution in [0.15, 0.2) is 36.4 Å². The van der Waals surface area contributed by atoms with E-state index in [0.29, 0.717) is 18.0 Å². The Kier molecular flexibility index (Phi) is 5.04. The van der Waals surface area contributed by atoms with Gasteiger partial charge in [-0.25, -0.2) is 9.37 Å². The molecule has 1 fully saturated rings. The summed E-state index contributed by atoms with van der Waals surface area (Å²) in [5.74, 6) is 1.38. The van der Waals surface area contributed by atoms with E-state index in [0.717, 1.165) is 67.5 Å². The summed E-state index contributed by atoms with van der Waals surface area (Å²) in [6.45, 7) is 3.07. The molecule has 0 bridgehead atoms. The number of fused-ring (bicyclic) bond motifs is 2. The molecule has 154 valence electrons. The maximum absolute atomic E-state index is 13.5. The standard InChI is InChI=1S/C25H27FN4/c1-16-29-24-13-21(26)4-9-25(24)30(16)23-7-5-22(6-8-23)28-15-18-11-19-3-2-17(14-27)10-20(19)12-18/h2-4,9-10,13,18,22-23,28H,5-8,11-12,15H2,1H3/t18-,22-,23+/m0/s1. The zero-order chi connectivity index (χ0) is 20.7. The fourth-order valence-electron chi connectivity index (χ4n) is 5.45. The van der Waals surface area contributed by atoms with E-state index in [4.69, 9.17) is 5.26 Å². The highest BCUT2D eigenvalue weighted by Gasteiger charge is 2.27. The van der Waals surface area contributed by atoms with Crippen molar-refractivity contribution >= 4 is 11.0 Å². The monoisotopic (exact) mass is 402 g/mol. The Morgan fingerprint density at radius 3 is 2.70 bits per heavy atom. The van der Waals surface area contributed by atoms with E-state index in [9.17, 15) is 4.39 Å². The summed E-state index contributed by atoms with van der Waals surface area (Å²) >= 11 is 0. The molecule has 1 saturated carbocycles. The molecule has 0 spiro atoms. The van der Waals surface area contributed by atoms with Crippen molar-refractivity contribution in [1.82, 2.24) is 14.9 Å². The number of aryl methyl sites for hydroxylation is 1. The van der Waals surface area contributed by atoms with Gasteiger partial charge in [0.05, 0.1) is 22.7 Å². The topological polar surface area (TPSA) is 53.6 Å². The van der Waals surface area contributed by atoms with Crippen LogP contribution < -0.4 is 5.32 Å². The van der Waals surface area contributed by atoms with Gasteiger partial charge in [-0.3, -0.25) is 0 Å². The molecule has 2 aliphatic carbocycles. The summed E-state index contributed by atoms with van der Waals surface area (Å²) in [6, 6.07) is 14.3. The summed E-state index contributed by atoms with van der Waals surface area (Å²) in [5.41, 5.74) is 5.33. The van der Waals surface area contributed by atoms with Gasteiger partial charge in [-0.15, -0.1) is 0 Å². The van der Waals surface area contributed by atoms with Gasteiger partial charge in [0.15, 0.2) is 0 Å². The summed E-state index contributed by atoms with van der Waals surface area (Å²) < 4.78 is 15.8. The third-order valence-electron chi connectivity index (χ3n) is 6.94. The van der Waals surface area contributed by atoms with Crippen LogP contribution in [-0.4, -0.2) is 22.1 Å². The molecule has 30 heavy (non-hydrogen) atoms. The number of rotatable bonds is 4. The Balaban J connectivity index is 1.17. The summed E-state index contributed by atoms with van der Waals surface area (Å²) in [5, 5.41) is 12.9. The molecule has 5 heteroatoms. The van der Waals surface area contributed by atoms with E-state index in [1.54, 1.807) is 0 Å². The molecule has 0 aliphatic heterocycles. The lowest BCUT2D eigenvalue weighted by molar-refractivity contribution is 0.283. The Morgan fingerprint density at radius 1 is 1.10 bits per heavy atom. The number of hydrogen-bond acceptors (Lipinski definition) is 3. The molecule has 0 saturated heterocycles. The molecule has 0 unspecified atom stereocenters. The Morgan fingerprint density at radius 2 is 1.90 bits per heavy atom. The van der Waals surface area contributed by atoms with Crippen molar-refractivity contribution in [2.75, 3.05) is 6.54 Å². The average molecular weight is 403 g/mol. The molecule has 1 aromatic heterocycles. The van der Waals surface area contributed by atoms with E-state index in [1.807, 2.05) is 19.1 Å². The number of aromatic nitrogens is 2. The Hall–Kier alpha value is -2.71. The molecule has 1 N–H and O–H groups in total. The molecule has 0 amide bonds. The molecule has 5 rings (SSSR count). The van der Waals surface area contributed by atoms with Crippen LogP contribution in [0, 0.1) is 30.0 Å². The smallest absolute Gasteiger partial charge is 0.125 e. The van der Waals surface area contributed by atoms with Crippen molar-refractivity contribution in [3.63, 3.8) is 0 Å². The van der Waals surface area contributed by atoms with Gasteiger partial charge in [0.25, 0.3) is 0 Å². The van der Waals surface area contributed by atoms with Crippen molar-refractivity contribution < 1.29 is 4.39 Å². The third kappa shape index (κ3) is 3.61. The molecule has 2 aliphatic rings. The highest BCUT2D eigenvalue weighted by atomic mass is 19.1. The lowest BCUT2D eigenvalue weighted by Gasteiger charge is -2.31. The second kappa shape index (κ2) is 7.85. The van der Waals surface area contributed by atoms with Crippen LogP contribution in [0.25, 0.3) is 11.0 Å². The van der Waals surface area contributed by atoms with Crippen molar-refractivity contribution in [3.8, 4) is 6.07 Å². The largest absolute Gasteiger partial charge is 0.325 e. The van der Waals surface area contributed by atoms with E-state index in [-0.39, 0.29) is 5.82 Å². The van der Waals surface area contributed by atoms with Gasteiger partial charge >= 0.3 is 0 Å².